The van der Waals surface area contributed by atoms with Gasteiger partial charge in [0, 0.05) is 43.6 Å². The van der Waals surface area contributed by atoms with E-state index in [2.05, 4.69) is 0 Å². The van der Waals surface area contributed by atoms with Crippen LogP contribution in [0.1, 0.15) is 25.7 Å². The minimum atomic E-state index is -0.317. The van der Waals surface area contributed by atoms with E-state index in [1.165, 1.54) is 0 Å². The maximum atomic E-state index is 10.5. The zero-order chi connectivity index (χ0) is 23.8. The van der Waals surface area contributed by atoms with Crippen LogP contribution in [-0.2, 0) is 0 Å². The Balaban J connectivity index is 0.00000180. The van der Waals surface area contributed by atoms with E-state index in [4.69, 9.17) is 9.47 Å². The van der Waals surface area contributed by atoms with Crippen molar-refractivity contribution in [3.63, 3.8) is 0 Å². The molecule has 5 rings (SSSR count). The molecule has 4 fully saturated rings. The Morgan fingerprint density at radius 2 is 1.11 bits per heavy atom. The number of aliphatic hydroxyl groups is 4. The summed E-state index contributed by atoms with van der Waals surface area (Å²) >= 11 is 0. The molecule has 36 heavy (non-hydrogen) atoms. The van der Waals surface area contributed by atoms with Gasteiger partial charge in [-0.05, 0) is 12.1 Å². The summed E-state index contributed by atoms with van der Waals surface area (Å²) in [6.07, 6.45) is 2.92. The Hall–Kier alpha value is -0.840. The summed E-state index contributed by atoms with van der Waals surface area (Å²) in [7, 11) is 0. The van der Waals surface area contributed by atoms with E-state index in [9.17, 15) is 20.4 Å². The number of ether oxygens (including phenoxy) is 2. The van der Waals surface area contributed by atoms with Crippen molar-refractivity contribution in [3.8, 4) is 11.5 Å². The lowest BCUT2D eigenvalue weighted by Gasteiger charge is -2.36. The number of quaternary nitrogens is 2. The van der Waals surface area contributed by atoms with E-state index in [0.717, 1.165) is 85.4 Å². The molecular formula is C26H42Cl2N2O6. The van der Waals surface area contributed by atoms with Gasteiger partial charge in [0.2, 0.25) is 0 Å². The van der Waals surface area contributed by atoms with Crippen molar-refractivity contribution in [2.75, 3.05) is 65.7 Å². The SMILES string of the molecule is OCC1CC[N+]2(CCOc3cccc(OCC[N+]45CCC(O)C4C(CO)CC5)c3)CCC(O)C12.[Cl-].[Cl-]. The Labute approximate surface area is 226 Å². The number of hydrogen-bond donors (Lipinski definition) is 4. The van der Waals surface area contributed by atoms with Crippen molar-refractivity contribution in [1.82, 2.24) is 0 Å². The monoisotopic (exact) mass is 548 g/mol. The third-order valence-corrected chi connectivity index (χ3v) is 9.54. The number of nitrogens with zero attached hydrogens (tertiary/aromatic N) is 2. The summed E-state index contributed by atoms with van der Waals surface area (Å²) in [5.41, 5.74) is 0. The second-order valence-corrected chi connectivity index (χ2v) is 11.1. The zero-order valence-electron chi connectivity index (χ0n) is 20.9. The average molecular weight is 550 g/mol. The summed E-state index contributed by atoms with van der Waals surface area (Å²) in [6, 6.07) is 8.06. The molecule has 4 aliphatic heterocycles. The number of fused-ring (bicyclic) bond motifs is 2. The minimum absolute atomic E-state index is 0. The summed E-state index contributed by atoms with van der Waals surface area (Å²) in [4.78, 5) is 0. The molecular weight excluding hydrogens is 507 g/mol. The quantitative estimate of drug-likeness (QED) is 0.218. The molecule has 10 heteroatoms. The first-order chi connectivity index (χ1) is 16.5. The molecule has 206 valence electrons. The molecule has 0 spiro atoms. The molecule has 1 aromatic carbocycles. The van der Waals surface area contributed by atoms with Gasteiger partial charge < -0.3 is 63.7 Å². The van der Waals surface area contributed by atoms with Crippen molar-refractivity contribution in [1.29, 1.82) is 0 Å². The van der Waals surface area contributed by atoms with E-state index in [-0.39, 0.29) is 74.2 Å². The highest BCUT2D eigenvalue weighted by Crippen LogP contribution is 2.41. The van der Waals surface area contributed by atoms with Crippen LogP contribution in [0.2, 0.25) is 0 Å². The maximum Gasteiger partial charge on any atom is 0.137 e. The number of aliphatic hydroxyl groups excluding tert-OH is 4. The molecule has 8 unspecified atom stereocenters. The summed E-state index contributed by atoms with van der Waals surface area (Å²) in [6.45, 7) is 7.09. The van der Waals surface area contributed by atoms with Crippen LogP contribution in [0.3, 0.4) is 0 Å². The van der Waals surface area contributed by atoms with E-state index in [0.29, 0.717) is 13.2 Å². The molecule has 8 atom stereocenters. The van der Waals surface area contributed by atoms with Crippen molar-refractivity contribution in [3.05, 3.63) is 24.3 Å². The lowest BCUT2D eigenvalue weighted by atomic mass is 9.97. The number of benzene rings is 1. The highest BCUT2D eigenvalue weighted by atomic mass is 35.5. The van der Waals surface area contributed by atoms with Crippen LogP contribution in [0, 0.1) is 11.8 Å². The van der Waals surface area contributed by atoms with Crippen LogP contribution in [0.4, 0.5) is 0 Å². The molecule has 0 amide bonds. The van der Waals surface area contributed by atoms with Gasteiger partial charge in [0.25, 0.3) is 0 Å². The zero-order valence-corrected chi connectivity index (χ0v) is 22.4. The van der Waals surface area contributed by atoms with Crippen LogP contribution < -0.4 is 34.3 Å². The standard InChI is InChI=1S/C26H42N2O6.2ClH/c29-17-19-4-8-27(10-6-23(31)25(19)27)12-14-33-21-2-1-3-22(16-21)34-15-13-28-9-5-20(18-30)26(28)24(32)7-11-28;;/h1-3,16,19-20,23-26,29-32H,4-15,17-18H2;2*1H/q+2;;/p-2. The molecule has 0 aromatic heterocycles. The third kappa shape index (κ3) is 5.47. The van der Waals surface area contributed by atoms with E-state index in [1.54, 1.807) is 0 Å². The molecule has 0 aliphatic carbocycles. The van der Waals surface area contributed by atoms with Gasteiger partial charge in [0.05, 0.1) is 39.4 Å². The van der Waals surface area contributed by atoms with Gasteiger partial charge in [-0.25, -0.2) is 0 Å². The lowest BCUT2D eigenvalue weighted by molar-refractivity contribution is -0.930. The molecule has 8 nitrogen and oxygen atoms in total. The third-order valence-electron chi connectivity index (χ3n) is 9.54. The van der Waals surface area contributed by atoms with Gasteiger partial charge in [-0.15, -0.1) is 0 Å². The van der Waals surface area contributed by atoms with Crippen LogP contribution in [0.25, 0.3) is 0 Å². The van der Waals surface area contributed by atoms with Gasteiger partial charge in [0.1, 0.15) is 62.1 Å². The molecule has 1 aromatic rings. The average Bonchev–Trinajstić information content (AvgIpc) is 3.56. The van der Waals surface area contributed by atoms with Gasteiger partial charge in [-0.3, -0.25) is 0 Å². The fraction of sp³-hybridized carbons (Fsp3) is 0.769. The topological polar surface area (TPSA) is 99.4 Å². The minimum Gasteiger partial charge on any atom is -1.00 e. The van der Waals surface area contributed by atoms with Gasteiger partial charge >= 0.3 is 0 Å². The van der Waals surface area contributed by atoms with E-state index < -0.39 is 0 Å². The van der Waals surface area contributed by atoms with Crippen molar-refractivity contribution in [2.24, 2.45) is 11.8 Å². The first-order valence-electron chi connectivity index (χ1n) is 13.2. The maximum absolute atomic E-state index is 10.5. The summed E-state index contributed by atoms with van der Waals surface area (Å²) < 4.78 is 13.9. The molecule has 0 saturated carbocycles. The lowest BCUT2D eigenvalue weighted by Crippen LogP contribution is -3.00. The smallest absolute Gasteiger partial charge is 0.137 e. The molecule has 0 radical (unpaired) electrons. The second-order valence-electron chi connectivity index (χ2n) is 11.1. The predicted octanol–water partition coefficient (Wildman–Crippen LogP) is -5.62. The first-order valence-corrected chi connectivity index (χ1v) is 13.2. The fourth-order valence-corrected chi connectivity index (χ4v) is 7.87. The highest BCUT2D eigenvalue weighted by Gasteiger charge is 2.56. The van der Waals surface area contributed by atoms with Gasteiger partial charge in [-0.2, -0.15) is 0 Å². The molecule has 0 bridgehead atoms. The fourth-order valence-electron chi connectivity index (χ4n) is 7.87. The number of rotatable bonds is 10. The molecule has 4 saturated heterocycles. The first kappa shape index (κ1) is 29.7. The van der Waals surface area contributed by atoms with Crippen LogP contribution in [0.15, 0.2) is 24.3 Å². The highest BCUT2D eigenvalue weighted by molar-refractivity contribution is 5.32. The van der Waals surface area contributed by atoms with Gasteiger partial charge in [-0.1, -0.05) is 6.07 Å². The Morgan fingerprint density at radius 3 is 1.53 bits per heavy atom. The summed E-state index contributed by atoms with van der Waals surface area (Å²) in [5, 5.41) is 40.4. The second kappa shape index (κ2) is 12.3. The Morgan fingerprint density at radius 1 is 0.694 bits per heavy atom. The van der Waals surface area contributed by atoms with E-state index >= 15 is 0 Å². The Kier molecular flexibility index (Phi) is 10.2. The number of hydrogen-bond acceptors (Lipinski definition) is 6. The van der Waals surface area contributed by atoms with Crippen LogP contribution in [0.5, 0.6) is 11.5 Å². The molecule has 4 N–H and O–H groups in total. The van der Waals surface area contributed by atoms with Crippen LogP contribution >= 0.6 is 0 Å². The van der Waals surface area contributed by atoms with E-state index in [1.807, 2.05) is 24.3 Å². The Bertz CT molecular complexity index is 789. The van der Waals surface area contributed by atoms with Crippen LogP contribution in [-0.4, -0.2) is 119 Å². The number of halogens is 2. The predicted molar refractivity (Wildman–Crippen MR) is 126 cm³/mol. The van der Waals surface area contributed by atoms with Gasteiger partial charge in [0.15, 0.2) is 0 Å². The van der Waals surface area contributed by atoms with Crippen molar-refractivity contribution >= 4 is 0 Å². The largest absolute Gasteiger partial charge is 1.00 e. The molecule has 4 aliphatic rings. The van der Waals surface area contributed by atoms with Crippen molar-refractivity contribution < 1.29 is 63.7 Å². The van der Waals surface area contributed by atoms with Crippen molar-refractivity contribution in [2.45, 2.75) is 50.0 Å². The molecule has 4 heterocycles. The summed E-state index contributed by atoms with van der Waals surface area (Å²) in [5.74, 6) is 1.96. The normalized spacial score (nSPS) is 38.7.